The Labute approximate surface area is 82.0 Å². The Balaban J connectivity index is 2.89. The largest absolute Gasteiger partial charge is 0.505 e. The highest BCUT2D eigenvalue weighted by molar-refractivity contribution is 7.17. The molecule has 1 aromatic carbocycles. The molecule has 0 bridgehead atoms. The maximum Gasteiger partial charge on any atom is 0.342 e. The van der Waals surface area contributed by atoms with Gasteiger partial charge in [-0.2, -0.15) is 0 Å². The van der Waals surface area contributed by atoms with E-state index in [2.05, 4.69) is 0 Å². The van der Waals surface area contributed by atoms with E-state index in [9.17, 15) is 14.3 Å². The van der Waals surface area contributed by atoms with Crippen molar-refractivity contribution in [1.82, 2.24) is 0 Å². The molecule has 2 N–H and O–H groups in total. The van der Waals surface area contributed by atoms with Gasteiger partial charge in [0.05, 0.1) is 4.70 Å². The molecule has 1 heterocycles. The van der Waals surface area contributed by atoms with Crippen molar-refractivity contribution in [3.05, 3.63) is 28.9 Å². The van der Waals surface area contributed by atoms with Gasteiger partial charge in [-0.25, -0.2) is 9.18 Å². The number of hydrogen-bond acceptors (Lipinski definition) is 3. The molecule has 0 amide bonds. The van der Waals surface area contributed by atoms with Crippen molar-refractivity contribution in [3.8, 4) is 5.75 Å². The number of hydrogen-bond donors (Lipinski definition) is 2. The number of thiophene rings is 1. The highest BCUT2D eigenvalue weighted by Gasteiger charge is 2.19. The number of rotatable bonds is 1. The Kier molecular flexibility index (Phi) is 1.89. The van der Waals surface area contributed by atoms with Gasteiger partial charge < -0.3 is 10.2 Å². The lowest BCUT2D eigenvalue weighted by Gasteiger charge is -2.01. The van der Waals surface area contributed by atoms with Gasteiger partial charge >= 0.3 is 5.97 Å². The van der Waals surface area contributed by atoms with Crippen LogP contribution >= 0.6 is 11.3 Å². The number of carboxylic acid groups (broad SMARTS) is 1. The topological polar surface area (TPSA) is 57.5 Å². The molecule has 0 aliphatic carbocycles. The first-order valence-corrected chi connectivity index (χ1v) is 4.61. The Bertz CT molecular complexity index is 518. The number of carboxylic acids is 1. The minimum absolute atomic E-state index is 0.392. The molecule has 0 unspecified atom stereocenters. The van der Waals surface area contributed by atoms with Crippen molar-refractivity contribution in [3.63, 3.8) is 0 Å². The predicted octanol–water partition coefficient (Wildman–Crippen LogP) is 2.44. The van der Waals surface area contributed by atoms with Crippen LogP contribution in [-0.2, 0) is 0 Å². The first-order chi connectivity index (χ1) is 6.61. The van der Waals surface area contributed by atoms with Gasteiger partial charge in [0.25, 0.3) is 0 Å². The van der Waals surface area contributed by atoms with Crippen LogP contribution in [0.2, 0.25) is 0 Å². The molecule has 0 saturated carbocycles. The number of carbonyl (C=O) groups is 1. The monoisotopic (exact) mass is 212 g/mol. The highest BCUT2D eigenvalue weighted by atomic mass is 32.1. The van der Waals surface area contributed by atoms with Crippen molar-refractivity contribution in [2.75, 3.05) is 0 Å². The normalized spacial score (nSPS) is 10.6. The number of phenols is 1. The fourth-order valence-corrected chi connectivity index (χ4v) is 2.09. The maximum absolute atomic E-state index is 13.2. The zero-order valence-electron chi connectivity index (χ0n) is 6.82. The average molecular weight is 212 g/mol. The van der Waals surface area contributed by atoms with Crippen LogP contribution < -0.4 is 0 Å². The summed E-state index contributed by atoms with van der Waals surface area (Å²) in [5, 5.41) is 20.3. The van der Waals surface area contributed by atoms with Gasteiger partial charge in [-0.3, -0.25) is 0 Å². The molecule has 3 nitrogen and oxygen atoms in total. The molecular formula is C9H5FO3S. The van der Waals surface area contributed by atoms with E-state index in [0.29, 0.717) is 10.1 Å². The van der Waals surface area contributed by atoms with Crippen LogP contribution in [0.3, 0.4) is 0 Å². The average Bonchev–Trinajstić information content (AvgIpc) is 2.50. The number of aromatic carboxylic acids is 1. The second-order valence-electron chi connectivity index (χ2n) is 2.73. The molecule has 0 radical (unpaired) electrons. The molecular weight excluding hydrogens is 207 g/mol. The Morgan fingerprint density at radius 2 is 2.21 bits per heavy atom. The van der Waals surface area contributed by atoms with E-state index in [4.69, 9.17) is 5.11 Å². The third-order valence-corrected chi connectivity index (χ3v) is 2.82. The number of fused-ring (bicyclic) bond motifs is 1. The molecule has 0 fully saturated rings. The van der Waals surface area contributed by atoms with Crippen LogP contribution in [0.15, 0.2) is 17.5 Å². The third kappa shape index (κ3) is 1.13. The molecule has 0 aliphatic heterocycles. The molecule has 1 aromatic heterocycles. The minimum Gasteiger partial charge on any atom is -0.505 e. The fraction of sp³-hybridized carbons (Fsp3) is 0. The minimum atomic E-state index is -1.46. The zero-order valence-corrected chi connectivity index (χ0v) is 7.64. The van der Waals surface area contributed by atoms with Gasteiger partial charge in [0.2, 0.25) is 0 Å². The first-order valence-electron chi connectivity index (χ1n) is 3.73. The van der Waals surface area contributed by atoms with E-state index in [1.54, 1.807) is 11.4 Å². The maximum atomic E-state index is 13.2. The van der Waals surface area contributed by atoms with E-state index >= 15 is 0 Å². The van der Waals surface area contributed by atoms with Gasteiger partial charge in [-0.15, -0.1) is 11.3 Å². The van der Waals surface area contributed by atoms with Gasteiger partial charge in [-0.1, -0.05) is 0 Å². The molecule has 0 atom stereocenters. The van der Waals surface area contributed by atoms with E-state index in [-0.39, 0.29) is 0 Å². The van der Waals surface area contributed by atoms with Crippen LogP contribution in [0.4, 0.5) is 4.39 Å². The van der Waals surface area contributed by atoms with Crippen LogP contribution in [0.25, 0.3) is 10.1 Å². The lowest BCUT2D eigenvalue weighted by atomic mass is 10.1. The number of aromatic hydroxyl groups is 1. The summed E-state index contributed by atoms with van der Waals surface area (Å²) < 4.78 is 13.6. The summed E-state index contributed by atoms with van der Waals surface area (Å²) >= 11 is 1.17. The van der Waals surface area contributed by atoms with Crippen molar-refractivity contribution < 1.29 is 19.4 Å². The van der Waals surface area contributed by atoms with Gasteiger partial charge in [0, 0.05) is 0 Å². The lowest BCUT2D eigenvalue weighted by Crippen LogP contribution is -2.00. The summed E-state index contributed by atoms with van der Waals surface area (Å²) in [5.74, 6) is -2.88. The zero-order chi connectivity index (χ0) is 10.3. The highest BCUT2D eigenvalue weighted by Crippen LogP contribution is 2.34. The van der Waals surface area contributed by atoms with Gasteiger partial charge in [-0.05, 0) is 22.9 Å². The van der Waals surface area contributed by atoms with E-state index < -0.39 is 23.1 Å². The molecule has 2 rings (SSSR count). The summed E-state index contributed by atoms with van der Waals surface area (Å²) in [6.07, 6.45) is 0. The van der Waals surface area contributed by atoms with Crippen molar-refractivity contribution in [1.29, 1.82) is 0 Å². The molecule has 0 saturated heterocycles. The van der Waals surface area contributed by atoms with E-state index in [1.807, 2.05) is 0 Å². The van der Waals surface area contributed by atoms with Crippen molar-refractivity contribution >= 4 is 27.4 Å². The molecule has 72 valence electrons. The standard InChI is InChI=1S/C9H5FO3S/c10-5-3-4-1-2-14-8(4)7(11)6(5)9(12)13/h1-3,11H,(H,12,13). The lowest BCUT2D eigenvalue weighted by molar-refractivity contribution is 0.0689. The Hall–Kier alpha value is -1.62. The molecule has 2 aromatic rings. The molecule has 0 aliphatic rings. The van der Waals surface area contributed by atoms with Gasteiger partial charge in [0.1, 0.15) is 11.4 Å². The first kappa shape index (κ1) is 8.96. The summed E-state index contributed by atoms with van der Waals surface area (Å²) in [7, 11) is 0. The summed E-state index contributed by atoms with van der Waals surface area (Å²) in [4.78, 5) is 10.6. The SMILES string of the molecule is O=C(O)c1c(F)cc2ccsc2c1O. The predicted molar refractivity (Wildman–Crippen MR) is 50.4 cm³/mol. The number of halogens is 1. The Morgan fingerprint density at radius 1 is 1.50 bits per heavy atom. The van der Waals surface area contributed by atoms with Gasteiger partial charge in [0.15, 0.2) is 5.75 Å². The smallest absolute Gasteiger partial charge is 0.342 e. The number of benzene rings is 1. The van der Waals surface area contributed by atoms with Crippen LogP contribution in [0, 0.1) is 5.82 Å². The van der Waals surface area contributed by atoms with E-state index in [1.165, 1.54) is 11.3 Å². The van der Waals surface area contributed by atoms with E-state index in [0.717, 1.165) is 6.07 Å². The van der Waals surface area contributed by atoms with Crippen LogP contribution in [-0.4, -0.2) is 16.2 Å². The second-order valence-corrected chi connectivity index (χ2v) is 3.64. The Morgan fingerprint density at radius 3 is 2.86 bits per heavy atom. The van der Waals surface area contributed by atoms with Crippen molar-refractivity contribution in [2.24, 2.45) is 0 Å². The van der Waals surface area contributed by atoms with Crippen LogP contribution in [0.5, 0.6) is 5.75 Å². The van der Waals surface area contributed by atoms with Crippen molar-refractivity contribution in [2.45, 2.75) is 0 Å². The summed E-state index contributed by atoms with van der Waals surface area (Å²) in [6, 6.07) is 2.73. The molecule has 5 heteroatoms. The molecule has 0 spiro atoms. The second kappa shape index (κ2) is 2.95. The molecule has 14 heavy (non-hydrogen) atoms. The van der Waals surface area contributed by atoms with Crippen LogP contribution in [0.1, 0.15) is 10.4 Å². The summed E-state index contributed by atoms with van der Waals surface area (Å²) in [6.45, 7) is 0. The fourth-order valence-electron chi connectivity index (χ4n) is 1.26. The third-order valence-electron chi connectivity index (χ3n) is 1.88. The quantitative estimate of drug-likeness (QED) is 0.763. The summed E-state index contributed by atoms with van der Waals surface area (Å²) in [5.41, 5.74) is -0.667.